The van der Waals surface area contributed by atoms with Crippen molar-refractivity contribution >= 4 is 39.7 Å². The molecule has 0 aliphatic carbocycles. The van der Waals surface area contributed by atoms with Crippen molar-refractivity contribution in [1.82, 2.24) is 5.32 Å². The largest absolute Gasteiger partial charge is 0.289 e. The first-order valence-electron chi connectivity index (χ1n) is 5.05. The monoisotopic (exact) mass is 257 g/mol. The summed E-state index contributed by atoms with van der Waals surface area (Å²) in [6.45, 7) is 1.85. The predicted octanol–water partition coefficient (Wildman–Crippen LogP) is 0.438. The van der Waals surface area contributed by atoms with Gasteiger partial charge in [-0.2, -0.15) is 0 Å². The van der Waals surface area contributed by atoms with Gasteiger partial charge in [0.2, 0.25) is 0 Å². The maximum Gasteiger partial charge on any atom is 0.269 e. The van der Waals surface area contributed by atoms with Crippen LogP contribution in [0.1, 0.15) is 6.42 Å². The number of carbonyl (C=O) groups is 2. The van der Waals surface area contributed by atoms with E-state index in [1.54, 1.807) is 11.8 Å². The standard InChI is InChI=1S/C10H12N2O2S2/c1-15-10-12(4-5-16-10)3-2-7-6-8(13)11-9(7)14/h6H,2-5H2,1H3/p+1. The van der Waals surface area contributed by atoms with E-state index in [1.807, 2.05) is 11.8 Å². The van der Waals surface area contributed by atoms with Crippen LogP contribution < -0.4 is 5.32 Å². The number of amides is 2. The van der Waals surface area contributed by atoms with Crippen LogP contribution in [-0.4, -0.2) is 45.9 Å². The van der Waals surface area contributed by atoms with Gasteiger partial charge in [-0.25, -0.2) is 4.58 Å². The molecule has 2 aliphatic rings. The molecule has 4 nitrogen and oxygen atoms in total. The van der Waals surface area contributed by atoms with Crippen molar-refractivity contribution in [3.63, 3.8) is 0 Å². The van der Waals surface area contributed by atoms with Gasteiger partial charge in [0, 0.05) is 18.1 Å². The molecule has 2 heterocycles. The molecule has 16 heavy (non-hydrogen) atoms. The summed E-state index contributed by atoms with van der Waals surface area (Å²) in [6, 6.07) is 0. The number of nitrogens with zero attached hydrogens (tertiary/aromatic N) is 1. The van der Waals surface area contributed by atoms with E-state index in [0.717, 1.165) is 18.8 Å². The van der Waals surface area contributed by atoms with Gasteiger partial charge in [0.1, 0.15) is 6.54 Å². The lowest BCUT2D eigenvalue weighted by Crippen LogP contribution is -2.23. The van der Waals surface area contributed by atoms with Gasteiger partial charge in [-0.1, -0.05) is 11.8 Å². The Balaban J connectivity index is 1.95. The average Bonchev–Trinajstić information content (AvgIpc) is 2.81. The van der Waals surface area contributed by atoms with Crippen molar-refractivity contribution in [2.24, 2.45) is 0 Å². The molecule has 0 aromatic heterocycles. The van der Waals surface area contributed by atoms with E-state index >= 15 is 0 Å². The molecular formula is C10H13N2O2S2+. The number of imide groups is 1. The molecule has 0 bridgehead atoms. The number of thioether (sulfide) groups is 2. The fourth-order valence-electron chi connectivity index (χ4n) is 1.71. The third kappa shape index (κ3) is 2.49. The molecule has 0 atom stereocenters. The lowest BCUT2D eigenvalue weighted by atomic mass is 10.2. The average molecular weight is 257 g/mol. The molecule has 2 amide bonds. The molecule has 0 radical (unpaired) electrons. The van der Waals surface area contributed by atoms with Crippen LogP contribution in [0.4, 0.5) is 0 Å². The first-order chi connectivity index (χ1) is 7.70. The zero-order valence-corrected chi connectivity index (χ0v) is 10.6. The Morgan fingerprint density at radius 1 is 1.56 bits per heavy atom. The normalized spacial score (nSPS) is 20.4. The summed E-state index contributed by atoms with van der Waals surface area (Å²) in [5.41, 5.74) is 0.599. The van der Waals surface area contributed by atoms with Crippen molar-refractivity contribution < 1.29 is 14.2 Å². The van der Waals surface area contributed by atoms with Crippen LogP contribution in [0, 0.1) is 0 Å². The van der Waals surface area contributed by atoms with Crippen molar-refractivity contribution in [3.8, 4) is 0 Å². The first kappa shape index (κ1) is 11.7. The molecule has 2 rings (SSSR count). The Hall–Kier alpha value is -0.750. The molecule has 2 aliphatic heterocycles. The van der Waals surface area contributed by atoms with Gasteiger partial charge < -0.3 is 0 Å². The van der Waals surface area contributed by atoms with Crippen molar-refractivity contribution in [1.29, 1.82) is 0 Å². The number of carbonyl (C=O) groups excluding carboxylic acids is 2. The van der Waals surface area contributed by atoms with Gasteiger partial charge in [0.05, 0.1) is 5.75 Å². The van der Waals surface area contributed by atoms with E-state index < -0.39 is 0 Å². The van der Waals surface area contributed by atoms with Crippen LogP contribution in [0.5, 0.6) is 0 Å². The molecule has 86 valence electrons. The molecule has 0 fully saturated rings. The molecule has 0 saturated carbocycles. The zero-order valence-electron chi connectivity index (χ0n) is 8.99. The first-order valence-corrected chi connectivity index (χ1v) is 7.26. The highest BCUT2D eigenvalue weighted by Crippen LogP contribution is 2.20. The Kier molecular flexibility index (Phi) is 3.70. The van der Waals surface area contributed by atoms with Gasteiger partial charge in [-0.05, 0) is 18.0 Å². The Morgan fingerprint density at radius 3 is 3.00 bits per heavy atom. The summed E-state index contributed by atoms with van der Waals surface area (Å²) in [5, 5.41) is 2.26. The van der Waals surface area contributed by atoms with Crippen LogP contribution in [0.25, 0.3) is 0 Å². The minimum atomic E-state index is -0.287. The lowest BCUT2D eigenvalue weighted by Gasteiger charge is -2.00. The number of hydrogen-bond donors (Lipinski definition) is 1. The second kappa shape index (κ2) is 5.05. The van der Waals surface area contributed by atoms with Gasteiger partial charge >= 0.3 is 0 Å². The zero-order chi connectivity index (χ0) is 11.5. The summed E-state index contributed by atoms with van der Waals surface area (Å²) in [6.07, 6.45) is 4.11. The third-order valence-electron chi connectivity index (χ3n) is 2.50. The maximum atomic E-state index is 11.3. The molecule has 6 heteroatoms. The van der Waals surface area contributed by atoms with E-state index in [4.69, 9.17) is 0 Å². The van der Waals surface area contributed by atoms with Gasteiger partial charge in [0.15, 0.2) is 6.54 Å². The van der Waals surface area contributed by atoms with E-state index in [-0.39, 0.29) is 11.8 Å². The van der Waals surface area contributed by atoms with Gasteiger partial charge in [-0.15, -0.1) is 0 Å². The minimum Gasteiger partial charge on any atom is -0.289 e. The highest BCUT2D eigenvalue weighted by Gasteiger charge is 2.25. The second-order valence-corrected chi connectivity index (χ2v) is 5.68. The highest BCUT2D eigenvalue weighted by molar-refractivity contribution is 8.38. The van der Waals surface area contributed by atoms with Crippen LogP contribution in [-0.2, 0) is 9.59 Å². The quantitative estimate of drug-likeness (QED) is 0.589. The molecule has 1 N–H and O–H groups in total. The minimum absolute atomic E-state index is 0.234. The van der Waals surface area contributed by atoms with E-state index in [9.17, 15) is 9.59 Å². The topological polar surface area (TPSA) is 49.2 Å². The van der Waals surface area contributed by atoms with E-state index in [1.165, 1.54) is 10.5 Å². The SMILES string of the molecule is CSC1=[N+](CCC2=CC(=O)NC2=O)CCS1. The summed E-state index contributed by atoms with van der Waals surface area (Å²) >= 11 is 3.60. The second-order valence-electron chi connectivity index (χ2n) is 3.54. The summed E-state index contributed by atoms with van der Waals surface area (Å²) in [7, 11) is 0. The smallest absolute Gasteiger partial charge is 0.269 e. The summed E-state index contributed by atoms with van der Waals surface area (Å²) in [4.78, 5) is 22.2. The van der Waals surface area contributed by atoms with Crippen LogP contribution >= 0.6 is 23.5 Å². The van der Waals surface area contributed by atoms with Crippen molar-refractivity contribution in [2.75, 3.05) is 25.1 Å². The Morgan fingerprint density at radius 2 is 2.38 bits per heavy atom. The van der Waals surface area contributed by atoms with Crippen molar-refractivity contribution in [2.45, 2.75) is 6.42 Å². The summed E-state index contributed by atoms with van der Waals surface area (Å²) < 4.78 is 3.58. The van der Waals surface area contributed by atoms with Gasteiger partial charge in [-0.3, -0.25) is 14.9 Å². The molecule has 0 aromatic carbocycles. The van der Waals surface area contributed by atoms with Crippen LogP contribution in [0.15, 0.2) is 11.6 Å². The number of hydrogen-bond acceptors (Lipinski definition) is 4. The van der Waals surface area contributed by atoms with E-state index in [0.29, 0.717) is 12.0 Å². The number of rotatable bonds is 3. The molecular weight excluding hydrogens is 244 g/mol. The Labute approximate surface area is 103 Å². The fraction of sp³-hybridized carbons (Fsp3) is 0.500. The van der Waals surface area contributed by atoms with Crippen LogP contribution in [0.3, 0.4) is 0 Å². The molecule has 0 aromatic rings. The Bertz CT molecular complexity index is 402. The third-order valence-corrected chi connectivity index (χ3v) is 4.86. The predicted molar refractivity (Wildman–Crippen MR) is 66.8 cm³/mol. The number of nitrogens with one attached hydrogen (secondary N) is 1. The fourth-order valence-corrected chi connectivity index (χ4v) is 3.72. The molecule has 0 unspecified atom stereocenters. The maximum absolute atomic E-state index is 11.3. The van der Waals surface area contributed by atoms with E-state index in [2.05, 4.69) is 16.1 Å². The lowest BCUT2D eigenvalue weighted by molar-refractivity contribution is -0.514. The summed E-state index contributed by atoms with van der Waals surface area (Å²) in [5.74, 6) is 0.591. The van der Waals surface area contributed by atoms with Crippen LogP contribution in [0.2, 0.25) is 0 Å². The molecule has 0 saturated heterocycles. The highest BCUT2D eigenvalue weighted by atomic mass is 32.2. The van der Waals surface area contributed by atoms with Gasteiger partial charge in [0.25, 0.3) is 16.2 Å². The van der Waals surface area contributed by atoms with Crippen molar-refractivity contribution in [3.05, 3.63) is 11.6 Å². The molecule has 0 spiro atoms.